The van der Waals surface area contributed by atoms with Crippen molar-refractivity contribution in [2.24, 2.45) is 0 Å². The number of ether oxygens (including phenoxy) is 6. The third-order valence-electron chi connectivity index (χ3n) is 7.33. The average Bonchev–Trinajstić information content (AvgIpc) is 2.99. The van der Waals surface area contributed by atoms with E-state index in [4.69, 9.17) is 28.4 Å². The highest BCUT2D eigenvalue weighted by Gasteiger charge is 2.54. The first kappa shape index (κ1) is 32.5. The van der Waals surface area contributed by atoms with Gasteiger partial charge in [-0.1, -0.05) is 30.3 Å². The first-order valence-corrected chi connectivity index (χ1v) is 13.1. The summed E-state index contributed by atoms with van der Waals surface area (Å²) in [6.45, 7) is -2.30. The first-order chi connectivity index (χ1) is 19.6. The summed E-state index contributed by atoms with van der Waals surface area (Å²) in [5, 5.41) is 102. The molecular weight excluding hydrogens is 556 g/mol. The topological polar surface area (TPSA) is 258 Å². The van der Waals surface area contributed by atoms with Crippen LogP contribution in [0.15, 0.2) is 30.3 Å². The van der Waals surface area contributed by atoms with E-state index in [1.807, 2.05) is 0 Å². The molecule has 234 valence electrons. The quantitative estimate of drug-likeness (QED) is 0.121. The van der Waals surface area contributed by atoms with Crippen LogP contribution < -0.4 is 0 Å². The summed E-state index contributed by atoms with van der Waals surface area (Å²) in [5.41, 5.74) is 0.695. The van der Waals surface area contributed by atoms with Crippen molar-refractivity contribution in [1.82, 2.24) is 0 Å². The molecular formula is C25H38O16. The molecule has 3 fully saturated rings. The molecule has 16 nitrogen and oxygen atoms in total. The van der Waals surface area contributed by atoms with Crippen LogP contribution in [0.1, 0.15) is 5.56 Å². The van der Waals surface area contributed by atoms with Crippen LogP contribution in [-0.2, 0) is 35.0 Å². The van der Waals surface area contributed by atoms with Crippen LogP contribution in [0.4, 0.5) is 0 Å². The second kappa shape index (κ2) is 14.4. The van der Waals surface area contributed by atoms with Gasteiger partial charge < -0.3 is 79.5 Å². The molecule has 0 aromatic heterocycles. The molecule has 4 rings (SSSR count). The van der Waals surface area contributed by atoms with Gasteiger partial charge in [0.25, 0.3) is 0 Å². The highest BCUT2D eigenvalue weighted by Crippen LogP contribution is 2.34. The lowest BCUT2D eigenvalue weighted by Gasteiger charge is -2.49. The van der Waals surface area contributed by atoms with Crippen molar-refractivity contribution in [2.45, 2.75) is 98.7 Å². The Hall–Kier alpha value is -1.42. The molecule has 3 saturated heterocycles. The Morgan fingerprint density at radius 2 is 0.951 bits per heavy atom. The van der Waals surface area contributed by atoms with E-state index < -0.39 is 112 Å². The van der Waals surface area contributed by atoms with Gasteiger partial charge in [-0.15, -0.1) is 0 Å². The van der Waals surface area contributed by atoms with Crippen LogP contribution in [-0.4, -0.2) is 163 Å². The number of hydrogen-bond acceptors (Lipinski definition) is 16. The van der Waals surface area contributed by atoms with Gasteiger partial charge in [-0.05, 0) is 5.56 Å². The Balaban J connectivity index is 1.64. The molecule has 1 aromatic carbocycles. The van der Waals surface area contributed by atoms with E-state index in [0.717, 1.165) is 0 Å². The van der Waals surface area contributed by atoms with Crippen molar-refractivity contribution in [2.75, 3.05) is 19.8 Å². The summed E-state index contributed by atoms with van der Waals surface area (Å²) < 4.78 is 34.2. The van der Waals surface area contributed by atoms with Gasteiger partial charge in [0, 0.05) is 0 Å². The van der Waals surface area contributed by atoms with Crippen LogP contribution in [0.2, 0.25) is 0 Å². The molecule has 0 aliphatic carbocycles. The fourth-order valence-electron chi connectivity index (χ4n) is 4.90. The van der Waals surface area contributed by atoms with Crippen molar-refractivity contribution >= 4 is 0 Å². The number of aliphatic hydroxyl groups excluding tert-OH is 10. The Bertz CT molecular complexity index is 922. The lowest BCUT2D eigenvalue weighted by atomic mass is 9.96. The van der Waals surface area contributed by atoms with Gasteiger partial charge in [0.05, 0.1) is 26.4 Å². The molecule has 0 radical (unpaired) electrons. The van der Waals surface area contributed by atoms with Crippen molar-refractivity contribution < 1.29 is 79.5 Å². The van der Waals surface area contributed by atoms with Crippen molar-refractivity contribution in [3.05, 3.63) is 35.9 Å². The van der Waals surface area contributed by atoms with E-state index in [-0.39, 0.29) is 6.61 Å². The monoisotopic (exact) mass is 594 g/mol. The van der Waals surface area contributed by atoms with Gasteiger partial charge in [-0.3, -0.25) is 0 Å². The molecule has 3 heterocycles. The fourth-order valence-corrected chi connectivity index (χ4v) is 4.90. The second-order valence-electron chi connectivity index (χ2n) is 10.1. The van der Waals surface area contributed by atoms with E-state index in [9.17, 15) is 51.1 Å². The first-order valence-electron chi connectivity index (χ1n) is 13.1. The highest BCUT2D eigenvalue weighted by molar-refractivity contribution is 5.13. The van der Waals surface area contributed by atoms with E-state index in [0.29, 0.717) is 5.56 Å². The molecule has 3 aliphatic rings. The summed E-state index contributed by atoms with van der Waals surface area (Å²) >= 11 is 0. The molecule has 0 amide bonds. The lowest BCUT2D eigenvalue weighted by Crippen LogP contribution is -2.67. The SMILES string of the molecule is OC[C@H]1O[C@H](O[C@H]2[C@@H](OCc3ccccc3)O[C@H](CO)[C@@H](O)[C@@H]2O[C@H]2O[C@H](CO)[C@@H](O)[C@H](O)[C@H]2O)[C@H](O)[C@@H](O)[C@@H]1O. The number of benzene rings is 1. The third kappa shape index (κ3) is 7.05. The minimum Gasteiger partial charge on any atom is -0.394 e. The summed E-state index contributed by atoms with van der Waals surface area (Å²) in [6.07, 6.45) is -24.6. The highest BCUT2D eigenvalue weighted by atomic mass is 16.8. The summed E-state index contributed by atoms with van der Waals surface area (Å²) in [5.74, 6) is 0. The normalized spacial score (nSPS) is 45.5. The van der Waals surface area contributed by atoms with Crippen LogP contribution in [0.5, 0.6) is 0 Å². The van der Waals surface area contributed by atoms with Crippen molar-refractivity contribution in [3.8, 4) is 0 Å². The van der Waals surface area contributed by atoms with Gasteiger partial charge in [-0.25, -0.2) is 0 Å². The van der Waals surface area contributed by atoms with E-state index in [2.05, 4.69) is 0 Å². The molecule has 41 heavy (non-hydrogen) atoms. The zero-order valence-corrected chi connectivity index (χ0v) is 21.8. The summed E-state index contributed by atoms with van der Waals surface area (Å²) in [6, 6.07) is 8.79. The molecule has 15 atom stereocenters. The van der Waals surface area contributed by atoms with Crippen molar-refractivity contribution in [1.29, 1.82) is 0 Å². The van der Waals surface area contributed by atoms with Crippen LogP contribution >= 0.6 is 0 Å². The fraction of sp³-hybridized carbons (Fsp3) is 0.760. The van der Waals surface area contributed by atoms with Gasteiger partial charge >= 0.3 is 0 Å². The lowest BCUT2D eigenvalue weighted by molar-refractivity contribution is -0.393. The second-order valence-corrected chi connectivity index (χ2v) is 10.1. The predicted octanol–water partition coefficient (Wildman–Crippen LogP) is -5.35. The van der Waals surface area contributed by atoms with Crippen LogP contribution in [0.25, 0.3) is 0 Å². The number of aliphatic hydroxyl groups is 10. The van der Waals surface area contributed by atoms with E-state index in [1.165, 1.54) is 0 Å². The van der Waals surface area contributed by atoms with Gasteiger partial charge in [0.15, 0.2) is 18.9 Å². The molecule has 0 saturated carbocycles. The molecule has 0 spiro atoms. The maximum absolute atomic E-state index is 11.1. The van der Waals surface area contributed by atoms with Crippen LogP contribution in [0, 0.1) is 0 Å². The van der Waals surface area contributed by atoms with E-state index >= 15 is 0 Å². The molecule has 16 heteroatoms. The maximum Gasteiger partial charge on any atom is 0.187 e. The van der Waals surface area contributed by atoms with E-state index in [1.54, 1.807) is 30.3 Å². The smallest absolute Gasteiger partial charge is 0.187 e. The largest absolute Gasteiger partial charge is 0.394 e. The van der Waals surface area contributed by atoms with Crippen molar-refractivity contribution in [3.63, 3.8) is 0 Å². The zero-order chi connectivity index (χ0) is 29.8. The Morgan fingerprint density at radius 1 is 0.512 bits per heavy atom. The molecule has 1 aromatic rings. The number of rotatable bonds is 10. The molecule has 0 bridgehead atoms. The zero-order valence-electron chi connectivity index (χ0n) is 21.8. The molecule has 0 unspecified atom stereocenters. The Kier molecular flexibility index (Phi) is 11.4. The summed E-state index contributed by atoms with van der Waals surface area (Å²) in [7, 11) is 0. The predicted molar refractivity (Wildman–Crippen MR) is 130 cm³/mol. The maximum atomic E-state index is 11.1. The minimum absolute atomic E-state index is 0.0684. The Labute approximate surface area is 234 Å². The molecule has 10 N–H and O–H groups in total. The average molecular weight is 595 g/mol. The van der Waals surface area contributed by atoms with Gasteiger partial charge in [-0.2, -0.15) is 0 Å². The third-order valence-corrected chi connectivity index (χ3v) is 7.33. The minimum atomic E-state index is -1.87. The summed E-state index contributed by atoms with van der Waals surface area (Å²) in [4.78, 5) is 0. The standard InChI is InChI=1S/C25H38O16/c26-6-11-14(29)17(32)19(34)23(37-11)40-21-16(31)13(8-28)39-25(36-9-10-4-2-1-3-5-10)22(21)41-24-20(35)18(33)15(30)12(7-27)38-24/h1-5,11-35H,6-9H2/t11-,12-,13-,14-,15-,16-,17+,18+,19-,20-,21+,22-,23-,24-,25+/m1/s1. The van der Waals surface area contributed by atoms with Gasteiger partial charge in [0.1, 0.15) is 73.2 Å². The Morgan fingerprint density at radius 3 is 1.44 bits per heavy atom. The van der Waals surface area contributed by atoms with Gasteiger partial charge in [0.2, 0.25) is 0 Å². The number of hydrogen-bond donors (Lipinski definition) is 10. The van der Waals surface area contributed by atoms with Crippen LogP contribution in [0.3, 0.4) is 0 Å². The molecule has 3 aliphatic heterocycles.